The van der Waals surface area contributed by atoms with Crippen LogP contribution in [0, 0.1) is 5.41 Å². The second kappa shape index (κ2) is 15.1. The van der Waals surface area contributed by atoms with Gasteiger partial charge in [-0.3, -0.25) is 15.0 Å². The number of hydrogen-bond donors (Lipinski definition) is 5. The van der Waals surface area contributed by atoms with Gasteiger partial charge in [-0.1, -0.05) is 36.4 Å². The molecule has 0 spiro atoms. The van der Waals surface area contributed by atoms with Gasteiger partial charge in [-0.2, -0.15) is 0 Å². The molecule has 2 aromatic carbocycles. The van der Waals surface area contributed by atoms with E-state index >= 15 is 0 Å². The van der Waals surface area contributed by atoms with Crippen molar-refractivity contribution in [3.63, 3.8) is 0 Å². The molecule has 9 heteroatoms. The number of carboxylic acid groups (broad SMARTS) is 1. The van der Waals surface area contributed by atoms with Crippen LogP contribution in [-0.2, 0) is 20.9 Å². The van der Waals surface area contributed by atoms with E-state index in [2.05, 4.69) is 22.1 Å². The Morgan fingerprint density at radius 2 is 1.83 bits per heavy atom. The Bertz CT molecular complexity index is 1010. The lowest BCUT2D eigenvalue weighted by Crippen LogP contribution is -2.48. The number of anilines is 1. The third-order valence-electron chi connectivity index (χ3n) is 5.64. The van der Waals surface area contributed by atoms with Gasteiger partial charge in [-0.25, -0.2) is 0 Å². The molecule has 1 amide bonds. The highest BCUT2D eigenvalue weighted by Crippen LogP contribution is 2.22. The minimum atomic E-state index is -0.907. The average molecular weight is 494 g/mol. The highest BCUT2D eigenvalue weighted by atomic mass is 16.4. The molecule has 192 valence electrons. The van der Waals surface area contributed by atoms with E-state index in [4.69, 9.17) is 16.2 Å². The van der Waals surface area contributed by atoms with Gasteiger partial charge in [0.05, 0.1) is 6.42 Å². The standard InChI is InChI=1S/C27H35N5O4/c1-2-22(18-26(35)36)30-16-6-10-24(31-25(34)11-7-17-33)32(19-20-8-4-3-5-9-20)23-14-12-21(13-15-23)27(28)29/h2-5,8-9,12-15,17,22,24,30H,1,6-7,10-11,16,18-19H2,(H3,28,29)(H,31,34)(H,35,36). The molecule has 2 unspecified atom stereocenters. The number of amidine groups is 1. The highest BCUT2D eigenvalue weighted by molar-refractivity contribution is 5.95. The number of rotatable bonds is 17. The third-order valence-corrected chi connectivity index (χ3v) is 5.64. The number of amides is 1. The van der Waals surface area contributed by atoms with Gasteiger partial charge in [0.1, 0.15) is 18.3 Å². The zero-order valence-electron chi connectivity index (χ0n) is 20.4. The fourth-order valence-electron chi connectivity index (χ4n) is 3.76. The maximum atomic E-state index is 12.6. The van der Waals surface area contributed by atoms with Gasteiger partial charge < -0.3 is 31.2 Å². The van der Waals surface area contributed by atoms with Crippen LogP contribution < -0.4 is 21.3 Å². The quantitative estimate of drug-likeness (QED) is 0.0568. The molecule has 0 saturated carbocycles. The van der Waals surface area contributed by atoms with Crippen molar-refractivity contribution in [2.45, 2.75) is 50.9 Å². The van der Waals surface area contributed by atoms with E-state index in [-0.39, 0.29) is 37.0 Å². The Balaban J connectivity index is 2.26. The third kappa shape index (κ3) is 9.71. The zero-order chi connectivity index (χ0) is 26.3. The Kier molecular flexibility index (Phi) is 11.9. The van der Waals surface area contributed by atoms with Gasteiger partial charge in [0.15, 0.2) is 0 Å². The predicted octanol–water partition coefficient (Wildman–Crippen LogP) is 2.80. The molecule has 9 nitrogen and oxygen atoms in total. The molecule has 6 N–H and O–H groups in total. The SMILES string of the molecule is C=CC(CC(=O)O)NCCCC(NC(=O)CCC=O)N(Cc1ccccc1)c1ccc(C(=N)N)cc1. The van der Waals surface area contributed by atoms with Crippen LogP contribution in [0.15, 0.2) is 67.3 Å². The van der Waals surface area contributed by atoms with E-state index in [1.807, 2.05) is 42.5 Å². The Hall–Kier alpha value is -3.98. The van der Waals surface area contributed by atoms with E-state index in [9.17, 15) is 14.4 Å². The van der Waals surface area contributed by atoms with E-state index in [1.54, 1.807) is 18.2 Å². The zero-order valence-corrected chi connectivity index (χ0v) is 20.4. The fourth-order valence-corrected chi connectivity index (χ4v) is 3.76. The molecule has 0 saturated heterocycles. The van der Waals surface area contributed by atoms with Crippen molar-refractivity contribution in [3.05, 3.63) is 78.4 Å². The second-order valence-corrected chi connectivity index (χ2v) is 8.40. The van der Waals surface area contributed by atoms with Crippen molar-refractivity contribution in [2.75, 3.05) is 11.4 Å². The van der Waals surface area contributed by atoms with Crippen molar-refractivity contribution in [1.82, 2.24) is 10.6 Å². The summed E-state index contributed by atoms with van der Waals surface area (Å²) in [5.41, 5.74) is 8.10. The summed E-state index contributed by atoms with van der Waals surface area (Å²) >= 11 is 0. The lowest BCUT2D eigenvalue weighted by atomic mass is 10.1. The number of nitrogen functional groups attached to an aromatic ring is 1. The number of aliphatic carboxylic acids is 1. The molecule has 0 aliphatic heterocycles. The molecule has 0 aliphatic carbocycles. The molecule has 0 bridgehead atoms. The largest absolute Gasteiger partial charge is 0.481 e. The topological polar surface area (TPSA) is 149 Å². The number of aldehydes is 1. The summed E-state index contributed by atoms with van der Waals surface area (Å²) in [6, 6.07) is 16.8. The van der Waals surface area contributed by atoms with E-state index < -0.39 is 12.1 Å². The van der Waals surface area contributed by atoms with E-state index in [1.165, 1.54) is 0 Å². The first-order valence-electron chi connectivity index (χ1n) is 11.9. The number of nitrogens with two attached hydrogens (primary N) is 1. The van der Waals surface area contributed by atoms with E-state index in [0.29, 0.717) is 31.5 Å². The van der Waals surface area contributed by atoms with Crippen LogP contribution in [-0.4, -0.2) is 47.9 Å². The molecular weight excluding hydrogens is 458 g/mol. The van der Waals surface area contributed by atoms with Gasteiger partial charge in [0.25, 0.3) is 0 Å². The second-order valence-electron chi connectivity index (χ2n) is 8.40. The van der Waals surface area contributed by atoms with Crippen LogP contribution in [0.4, 0.5) is 5.69 Å². The van der Waals surface area contributed by atoms with Gasteiger partial charge in [-0.05, 0) is 49.2 Å². The monoisotopic (exact) mass is 493 g/mol. The van der Waals surface area contributed by atoms with Crippen LogP contribution in [0.25, 0.3) is 0 Å². The van der Waals surface area contributed by atoms with Gasteiger partial charge >= 0.3 is 5.97 Å². The highest BCUT2D eigenvalue weighted by Gasteiger charge is 2.22. The van der Waals surface area contributed by atoms with Gasteiger partial charge in [0.2, 0.25) is 5.91 Å². The number of carbonyl (C=O) groups excluding carboxylic acids is 2. The first-order chi connectivity index (χ1) is 17.3. The molecule has 2 atom stereocenters. The van der Waals surface area contributed by atoms with Gasteiger partial charge in [0, 0.05) is 36.7 Å². The molecule has 0 radical (unpaired) electrons. The predicted molar refractivity (Wildman–Crippen MR) is 141 cm³/mol. The van der Waals surface area contributed by atoms with Crippen molar-refractivity contribution < 1.29 is 19.5 Å². The summed E-state index contributed by atoms with van der Waals surface area (Å²) in [4.78, 5) is 36.5. The summed E-state index contributed by atoms with van der Waals surface area (Å²) in [7, 11) is 0. The summed E-state index contributed by atoms with van der Waals surface area (Å²) in [6.45, 7) is 4.74. The molecule has 0 aromatic heterocycles. The van der Waals surface area contributed by atoms with Crippen LogP contribution >= 0.6 is 0 Å². The maximum Gasteiger partial charge on any atom is 0.305 e. The minimum Gasteiger partial charge on any atom is -0.481 e. The van der Waals surface area contributed by atoms with Crippen LogP contribution in [0.5, 0.6) is 0 Å². The molecule has 2 aromatic rings. The Morgan fingerprint density at radius 3 is 2.42 bits per heavy atom. The molecule has 36 heavy (non-hydrogen) atoms. The number of benzene rings is 2. The number of nitrogens with one attached hydrogen (secondary N) is 3. The smallest absolute Gasteiger partial charge is 0.305 e. The fraction of sp³-hybridized carbons (Fsp3) is 0.333. The first-order valence-corrected chi connectivity index (χ1v) is 11.9. The number of hydrogen-bond acceptors (Lipinski definition) is 6. The normalized spacial score (nSPS) is 12.2. The van der Waals surface area contributed by atoms with Crippen LogP contribution in [0.2, 0.25) is 0 Å². The molecule has 2 rings (SSSR count). The average Bonchev–Trinajstić information content (AvgIpc) is 2.87. The number of nitrogens with zero attached hydrogens (tertiary/aromatic N) is 1. The minimum absolute atomic E-state index is 0.0286. The molecule has 0 heterocycles. The number of carboxylic acids is 1. The maximum absolute atomic E-state index is 12.6. The summed E-state index contributed by atoms with van der Waals surface area (Å²) in [5.74, 6) is -1.16. The van der Waals surface area contributed by atoms with Gasteiger partial charge in [-0.15, -0.1) is 6.58 Å². The number of carbonyl (C=O) groups is 3. The van der Waals surface area contributed by atoms with Crippen molar-refractivity contribution >= 4 is 29.7 Å². The molecule has 0 aliphatic rings. The Morgan fingerprint density at radius 1 is 1.14 bits per heavy atom. The lowest BCUT2D eigenvalue weighted by Gasteiger charge is -2.35. The summed E-state index contributed by atoms with van der Waals surface area (Å²) < 4.78 is 0. The van der Waals surface area contributed by atoms with Crippen molar-refractivity contribution in [1.29, 1.82) is 5.41 Å². The Labute approximate surface area is 211 Å². The molecular formula is C27H35N5O4. The summed E-state index contributed by atoms with van der Waals surface area (Å²) in [6.07, 6.45) is 3.30. The van der Waals surface area contributed by atoms with Crippen molar-refractivity contribution in [3.8, 4) is 0 Å². The molecule has 0 fully saturated rings. The van der Waals surface area contributed by atoms with E-state index in [0.717, 1.165) is 17.5 Å². The first kappa shape index (κ1) is 28.3. The van der Waals surface area contributed by atoms with Crippen LogP contribution in [0.3, 0.4) is 0 Å². The van der Waals surface area contributed by atoms with Crippen LogP contribution in [0.1, 0.15) is 43.2 Å². The summed E-state index contributed by atoms with van der Waals surface area (Å²) in [5, 5.41) is 22.9. The van der Waals surface area contributed by atoms with Crippen molar-refractivity contribution in [2.24, 2.45) is 5.73 Å². The lowest BCUT2D eigenvalue weighted by molar-refractivity contribution is -0.137.